The highest BCUT2D eigenvalue weighted by Crippen LogP contribution is 2.25. The van der Waals surface area contributed by atoms with Gasteiger partial charge in [0.1, 0.15) is 0 Å². The molecule has 94 valence electrons. The SMILES string of the molecule is CN(CCCC(C)(C)C(N)=S)C1CCCC1. The van der Waals surface area contributed by atoms with E-state index in [0.717, 1.165) is 12.5 Å². The molecule has 1 fully saturated rings. The maximum atomic E-state index is 5.73. The zero-order valence-corrected chi connectivity index (χ0v) is 11.8. The predicted molar refractivity (Wildman–Crippen MR) is 74.7 cm³/mol. The minimum Gasteiger partial charge on any atom is -0.393 e. The molecular weight excluding hydrogens is 216 g/mol. The third-order valence-electron chi connectivity index (χ3n) is 3.93. The van der Waals surface area contributed by atoms with E-state index in [1.165, 1.54) is 38.6 Å². The Hall–Kier alpha value is -0.150. The number of hydrogen-bond donors (Lipinski definition) is 1. The maximum Gasteiger partial charge on any atom is 0.0784 e. The van der Waals surface area contributed by atoms with Crippen molar-refractivity contribution in [2.24, 2.45) is 11.1 Å². The third kappa shape index (κ3) is 4.02. The second-order valence-electron chi connectivity index (χ2n) is 5.77. The second kappa shape index (κ2) is 5.97. The first-order valence-electron chi connectivity index (χ1n) is 6.43. The Labute approximate surface area is 106 Å². The summed E-state index contributed by atoms with van der Waals surface area (Å²) in [7, 11) is 2.25. The lowest BCUT2D eigenvalue weighted by Gasteiger charge is -2.27. The van der Waals surface area contributed by atoms with E-state index < -0.39 is 0 Å². The number of nitrogens with two attached hydrogens (primary N) is 1. The summed E-state index contributed by atoms with van der Waals surface area (Å²) in [5, 5.41) is 0. The Morgan fingerprint density at radius 2 is 1.94 bits per heavy atom. The monoisotopic (exact) mass is 242 g/mol. The Morgan fingerprint density at radius 3 is 2.44 bits per heavy atom. The summed E-state index contributed by atoms with van der Waals surface area (Å²) in [5.74, 6) is 0. The van der Waals surface area contributed by atoms with Gasteiger partial charge in [0.05, 0.1) is 4.99 Å². The Morgan fingerprint density at radius 1 is 1.38 bits per heavy atom. The standard InChI is InChI=1S/C13H26N2S/c1-13(2,12(14)16)9-6-10-15(3)11-7-4-5-8-11/h11H,4-10H2,1-3H3,(H2,14,16). The van der Waals surface area contributed by atoms with Gasteiger partial charge in [0.15, 0.2) is 0 Å². The average Bonchev–Trinajstić information content (AvgIpc) is 2.69. The van der Waals surface area contributed by atoms with E-state index in [2.05, 4.69) is 25.8 Å². The molecular formula is C13H26N2S. The fourth-order valence-corrected chi connectivity index (χ4v) is 2.52. The lowest BCUT2D eigenvalue weighted by atomic mass is 9.88. The van der Waals surface area contributed by atoms with Crippen LogP contribution in [0.2, 0.25) is 0 Å². The highest BCUT2D eigenvalue weighted by Gasteiger charge is 2.23. The highest BCUT2D eigenvalue weighted by atomic mass is 32.1. The molecule has 2 N–H and O–H groups in total. The molecule has 0 aromatic carbocycles. The summed E-state index contributed by atoms with van der Waals surface area (Å²) in [6.07, 6.45) is 7.88. The lowest BCUT2D eigenvalue weighted by Crippen LogP contribution is -2.33. The molecule has 0 radical (unpaired) electrons. The molecule has 1 rings (SSSR count). The van der Waals surface area contributed by atoms with Crippen molar-refractivity contribution in [1.29, 1.82) is 0 Å². The average molecular weight is 242 g/mol. The highest BCUT2D eigenvalue weighted by molar-refractivity contribution is 7.80. The zero-order chi connectivity index (χ0) is 12.2. The van der Waals surface area contributed by atoms with Crippen molar-refractivity contribution in [3.8, 4) is 0 Å². The van der Waals surface area contributed by atoms with E-state index in [1.807, 2.05) is 0 Å². The molecule has 0 unspecified atom stereocenters. The molecule has 0 spiro atoms. The fourth-order valence-electron chi connectivity index (χ4n) is 2.42. The van der Waals surface area contributed by atoms with Gasteiger partial charge in [-0.2, -0.15) is 0 Å². The largest absolute Gasteiger partial charge is 0.393 e. The Balaban J connectivity index is 2.21. The molecule has 0 atom stereocenters. The quantitative estimate of drug-likeness (QED) is 0.726. The number of rotatable bonds is 6. The summed E-state index contributed by atoms with van der Waals surface area (Å²) < 4.78 is 0. The van der Waals surface area contributed by atoms with Crippen LogP contribution in [0.25, 0.3) is 0 Å². The Bertz CT molecular complexity index is 232. The van der Waals surface area contributed by atoms with Crippen LogP contribution < -0.4 is 5.73 Å². The zero-order valence-electron chi connectivity index (χ0n) is 11.0. The number of hydrogen-bond acceptors (Lipinski definition) is 2. The molecule has 16 heavy (non-hydrogen) atoms. The minimum absolute atomic E-state index is 0.0197. The molecule has 1 saturated carbocycles. The maximum absolute atomic E-state index is 5.73. The van der Waals surface area contributed by atoms with Crippen molar-refractivity contribution in [3.63, 3.8) is 0 Å². The van der Waals surface area contributed by atoms with Crippen LogP contribution >= 0.6 is 12.2 Å². The Kier molecular flexibility index (Phi) is 5.19. The summed E-state index contributed by atoms with van der Waals surface area (Å²) >= 11 is 5.08. The molecule has 2 nitrogen and oxygen atoms in total. The van der Waals surface area contributed by atoms with E-state index in [9.17, 15) is 0 Å². The molecule has 0 heterocycles. The van der Waals surface area contributed by atoms with Crippen LogP contribution in [0.15, 0.2) is 0 Å². The number of thiocarbonyl (C=S) groups is 1. The molecule has 0 aliphatic heterocycles. The van der Waals surface area contributed by atoms with Gasteiger partial charge in [0.2, 0.25) is 0 Å². The van der Waals surface area contributed by atoms with Gasteiger partial charge < -0.3 is 10.6 Å². The van der Waals surface area contributed by atoms with E-state index in [1.54, 1.807) is 0 Å². The third-order valence-corrected chi connectivity index (χ3v) is 4.48. The van der Waals surface area contributed by atoms with E-state index in [-0.39, 0.29) is 5.41 Å². The molecule has 0 aromatic rings. The van der Waals surface area contributed by atoms with Gasteiger partial charge in [-0.15, -0.1) is 0 Å². The van der Waals surface area contributed by atoms with Crippen LogP contribution in [0.3, 0.4) is 0 Å². The van der Waals surface area contributed by atoms with Gasteiger partial charge in [-0.05, 0) is 39.3 Å². The van der Waals surface area contributed by atoms with Crippen LogP contribution in [0.4, 0.5) is 0 Å². The van der Waals surface area contributed by atoms with Gasteiger partial charge in [0, 0.05) is 11.5 Å². The van der Waals surface area contributed by atoms with Crippen molar-refractivity contribution in [1.82, 2.24) is 4.90 Å². The van der Waals surface area contributed by atoms with Crippen LogP contribution in [0.5, 0.6) is 0 Å². The summed E-state index contributed by atoms with van der Waals surface area (Å²) in [4.78, 5) is 3.17. The van der Waals surface area contributed by atoms with Gasteiger partial charge in [-0.3, -0.25) is 0 Å². The van der Waals surface area contributed by atoms with Gasteiger partial charge in [0.25, 0.3) is 0 Å². The topological polar surface area (TPSA) is 29.3 Å². The van der Waals surface area contributed by atoms with Crippen molar-refractivity contribution < 1.29 is 0 Å². The predicted octanol–water partition coefficient (Wildman–Crippen LogP) is 2.95. The van der Waals surface area contributed by atoms with Gasteiger partial charge in [-0.25, -0.2) is 0 Å². The summed E-state index contributed by atoms with van der Waals surface area (Å²) in [5.41, 5.74) is 5.75. The smallest absolute Gasteiger partial charge is 0.0784 e. The molecule has 3 heteroatoms. The minimum atomic E-state index is 0.0197. The molecule has 1 aliphatic rings. The van der Waals surface area contributed by atoms with E-state index in [0.29, 0.717) is 4.99 Å². The molecule has 1 aliphatic carbocycles. The van der Waals surface area contributed by atoms with Gasteiger partial charge in [-0.1, -0.05) is 38.9 Å². The first kappa shape index (κ1) is 13.9. The fraction of sp³-hybridized carbons (Fsp3) is 0.923. The van der Waals surface area contributed by atoms with Crippen LogP contribution in [-0.2, 0) is 0 Å². The summed E-state index contributed by atoms with van der Waals surface area (Å²) in [6.45, 7) is 5.46. The van der Waals surface area contributed by atoms with E-state index >= 15 is 0 Å². The van der Waals surface area contributed by atoms with Crippen molar-refractivity contribution in [2.75, 3.05) is 13.6 Å². The van der Waals surface area contributed by atoms with Crippen LogP contribution in [-0.4, -0.2) is 29.5 Å². The molecule has 0 bridgehead atoms. The molecule has 0 saturated heterocycles. The second-order valence-corrected chi connectivity index (χ2v) is 6.21. The lowest BCUT2D eigenvalue weighted by molar-refractivity contribution is 0.233. The van der Waals surface area contributed by atoms with Crippen molar-refractivity contribution in [3.05, 3.63) is 0 Å². The van der Waals surface area contributed by atoms with Gasteiger partial charge >= 0.3 is 0 Å². The first-order valence-corrected chi connectivity index (χ1v) is 6.84. The normalized spacial score (nSPS) is 18.2. The summed E-state index contributed by atoms with van der Waals surface area (Å²) in [6, 6.07) is 0.827. The molecule has 0 amide bonds. The van der Waals surface area contributed by atoms with Crippen molar-refractivity contribution >= 4 is 17.2 Å². The molecule has 0 aromatic heterocycles. The van der Waals surface area contributed by atoms with E-state index in [4.69, 9.17) is 18.0 Å². The number of nitrogens with zero attached hydrogens (tertiary/aromatic N) is 1. The van der Waals surface area contributed by atoms with Crippen LogP contribution in [0.1, 0.15) is 52.4 Å². The van der Waals surface area contributed by atoms with Crippen molar-refractivity contribution in [2.45, 2.75) is 58.4 Å². The van der Waals surface area contributed by atoms with Crippen LogP contribution in [0, 0.1) is 5.41 Å². The first-order chi connectivity index (χ1) is 7.43.